The molecule has 1 aromatic heterocycles. The number of halogens is 3. The number of rotatable bonds is 3. The number of aromatic nitrogens is 2. The van der Waals surface area contributed by atoms with Crippen LogP contribution >= 0.6 is 12.2 Å². The lowest BCUT2D eigenvalue weighted by Crippen LogP contribution is -2.02. The van der Waals surface area contributed by atoms with E-state index in [4.69, 9.17) is 12.2 Å². The summed E-state index contributed by atoms with van der Waals surface area (Å²) in [6.45, 7) is 3.63. The summed E-state index contributed by atoms with van der Waals surface area (Å²) in [5.41, 5.74) is 0.821. The molecule has 0 atom stereocenters. The van der Waals surface area contributed by atoms with Crippen molar-refractivity contribution in [1.29, 1.82) is 0 Å². The van der Waals surface area contributed by atoms with Crippen LogP contribution in [0.1, 0.15) is 24.7 Å². The van der Waals surface area contributed by atoms with Gasteiger partial charge < -0.3 is 4.98 Å². The van der Waals surface area contributed by atoms with Crippen LogP contribution in [0.5, 0.6) is 0 Å². The van der Waals surface area contributed by atoms with Gasteiger partial charge in [0.05, 0.1) is 5.69 Å². The number of hydrogen-bond acceptors (Lipinski definition) is 2. The maximum atomic E-state index is 13.9. The first-order valence-electron chi connectivity index (χ1n) is 6.18. The lowest BCUT2D eigenvalue weighted by molar-refractivity contribution is 0.496. The number of nitrogens with zero attached hydrogens (tertiary/aromatic N) is 1. The molecule has 0 unspecified atom stereocenters. The van der Waals surface area contributed by atoms with E-state index >= 15 is 0 Å². The van der Waals surface area contributed by atoms with Crippen LogP contribution in [-0.2, 0) is 6.42 Å². The van der Waals surface area contributed by atoms with Gasteiger partial charge >= 0.3 is 0 Å². The maximum absolute atomic E-state index is 13.9. The minimum Gasteiger partial charge on any atom is -0.343 e. The van der Waals surface area contributed by atoms with E-state index in [0.29, 0.717) is 34.2 Å². The second-order valence-electron chi connectivity index (χ2n) is 4.48. The molecule has 0 saturated heterocycles. The standard InChI is InChI=1S/C14H13F3N2S/c1-3-4-12-18-13(7(2)14(20)19-12)8-5-10(16)11(17)6-9(8)15/h5-6H,3-4H2,1-2H3,(H,18,19,20). The molecule has 0 saturated carbocycles. The molecule has 0 bridgehead atoms. The van der Waals surface area contributed by atoms with E-state index in [-0.39, 0.29) is 5.56 Å². The van der Waals surface area contributed by atoms with Crippen LogP contribution in [0.2, 0.25) is 0 Å². The molecule has 0 spiro atoms. The normalized spacial score (nSPS) is 10.8. The molecule has 6 heteroatoms. The van der Waals surface area contributed by atoms with Crippen molar-refractivity contribution in [3.8, 4) is 11.3 Å². The number of H-pyrrole nitrogens is 1. The van der Waals surface area contributed by atoms with Crippen molar-refractivity contribution in [2.75, 3.05) is 0 Å². The van der Waals surface area contributed by atoms with Gasteiger partial charge in [-0.2, -0.15) is 0 Å². The fourth-order valence-corrected chi connectivity index (χ4v) is 2.13. The van der Waals surface area contributed by atoms with Crippen LogP contribution < -0.4 is 0 Å². The third-order valence-corrected chi connectivity index (χ3v) is 3.37. The predicted octanol–water partition coefficient (Wildman–Crippen LogP) is 4.48. The second kappa shape index (κ2) is 5.75. The van der Waals surface area contributed by atoms with Crippen molar-refractivity contribution in [2.24, 2.45) is 0 Å². The van der Waals surface area contributed by atoms with Gasteiger partial charge in [-0.1, -0.05) is 19.1 Å². The molecule has 1 aromatic carbocycles. The highest BCUT2D eigenvalue weighted by molar-refractivity contribution is 7.71. The molecule has 2 rings (SSSR count). The van der Waals surface area contributed by atoms with Crippen LogP contribution in [0.25, 0.3) is 11.3 Å². The SMILES string of the molecule is CCCc1nc(=S)c(C)c(-c2cc(F)c(F)cc2F)[nH]1. The van der Waals surface area contributed by atoms with Crippen LogP contribution in [0.3, 0.4) is 0 Å². The van der Waals surface area contributed by atoms with E-state index in [0.717, 1.165) is 12.5 Å². The minimum atomic E-state index is -1.22. The molecule has 0 fully saturated rings. The Morgan fingerprint density at radius 2 is 1.80 bits per heavy atom. The third-order valence-electron chi connectivity index (χ3n) is 2.97. The predicted molar refractivity (Wildman–Crippen MR) is 73.5 cm³/mol. The smallest absolute Gasteiger partial charge is 0.161 e. The summed E-state index contributed by atoms with van der Waals surface area (Å²) in [6.07, 6.45) is 1.48. The van der Waals surface area contributed by atoms with Gasteiger partial charge in [0, 0.05) is 23.6 Å². The molecule has 20 heavy (non-hydrogen) atoms. The Bertz CT molecular complexity index is 710. The number of benzene rings is 1. The van der Waals surface area contributed by atoms with Crippen molar-refractivity contribution in [2.45, 2.75) is 26.7 Å². The molecule has 0 aliphatic carbocycles. The molecule has 2 aromatic rings. The minimum absolute atomic E-state index is 0.0488. The molecular weight excluding hydrogens is 285 g/mol. The molecule has 1 heterocycles. The first-order chi connectivity index (χ1) is 9.43. The van der Waals surface area contributed by atoms with E-state index < -0.39 is 17.5 Å². The third kappa shape index (κ3) is 2.75. The van der Waals surface area contributed by atoms with Crippen molar-refractivity contribution in [3.63, 3.8) is 0 Å². The average Bonchev–Trinajstić information content (AvgIpc) is 2.38. The summed E-state index contributed by atoms with van der Waals surface area (Å²) in [4.78, 5) is 7.14. The van der Waals surface area contributed by atoms with Crippen LogP contribution in [0.15, 0.2) is 12.1 Å². The Morgan fingerprint density at radius 1 is 1.15 bits per heavy atom. The van der Waals surface area contributed by atoms with Gasteiger partial charge in [0.25, 0.3) is 0 Å². The Balaban J connectivity index is 2.68. The summed E-state index contributed by atoms with van der Waals surface area (Å²) in [5.74, 6) is -2.56. The molecule has 0 amide bonds. The van der Waals surface area contributed by atoms with Gasteiger partial charge in [0.1, 0.15) is 16.3 Å². The fourth-order valence-electron chi connectivity index (χ4n) is 1.92. The fraction of sp³-hybridized carbons (Fsp3) is 0.286. The highest BCUT2D eigenvalue weighted by atomic mass is 32.1. The van der Waals surface area contributed by atoms with Gasteiger partial charge in [-0.25, -0.2) is 18.2 Å². The zero-order valence-corrected chi connectivity index (χ0v) is 11.9. The van der Waals surface area contributed by atoms with E-state index in [2.05, 4.69) is 9.97 Å². The second-order valence-corrected chi connectivity index (χ2v) is 4.87. The van der Waals surface area contributed by atoms with Crippen LogP contribution in [0.4, 0.5) is 13.2 Å². The quantitative estimate of drug-likeness (QED) is 0.668. The van der Waals surface area contributed by atoms with Gasteiger partial charge in [-0.3, -0.25) is 0 Å². The maximum Gasteiger partial charge on any atom is 0.161 e. The largest absolute Gasteiger partial charge is 0.343 e. The monoisotopic (exact) mass is 298 g/mol. The zero-order valence-electron chi connectivity index (χ0n) is 11.1. The average molecular weight is 298 g/mol. The number of aromatic amines is 1. The Labute approximate surface area is 119 Å². The van der Waals surface area contributed by atoms with Gasteiger partial charge in [0.2, 0.25) is 0 Å². The first kappa shape index (κ1) is 14.7. The molecule has 1 N–H and O–H groups in total. The van der Waals surface area contributed by atoms with Gasteiger partial charge in [0.15, 0.2) is 11.6 Å². The zero-order chi connectivity index (χ0) is 14.9. The first-order valence-corrected chi connectivity index (χ1v) is 6.59. The van der Waals surface area contributed by atoms with Crippen molar-refractivity contribution < 1.29 is 13.2 Å². The van der Waals surface area contributed by atoms with E-state index in [1.807, 2.05) is 6.92 Å². The van der Waals surface area contributed by atoms with Crippen LogP contribution in [0, 0.1) is 29.0 Å². The van der Waals surface area contributed by atoms with Gasteiger partial charge in [-0.05, 0) is 19.4 Å². The van der Waals surface area contributed by atoms with Crippen molar-refractivity contribution in [3.05, 3.63) is 45.6 Å². The highest BCUT2D eigenvalue weighted by Crippen LogP contribution is 2.26. The van der Waals surface area contributed by atoms with E-state index in [1.54, 1.807) is 6.92 Å². The molecule has 0 aliphatic heterocycles. The van der Waals surface area contributed by atoms with Crippen molar-refractivity contribution >= 4 is 12.2 Å². The van der Waals surface area contributed by atoms with E-state index in [9.17, 15) is 13.2 Å². The lowest BCUT2D eigenvalue weighted by Gasteiger charge is -2.10. The molecular formula is C14H13F3N2S. The van der Waals surface area contributed by atoms with Crippen molar-refractivity contribution in [1.82, 2.24) is 9.97 Å². The topological polar surface area (TPSA) is 28.7 Å². The molecule has 106 valence electrons. The Kier molecular flexibility index (Phi) is 4.23. The lowest BCUT2D eigenvalue weighted by atomic mass is 10.1. The Hall–Kier alpha value is -1.69. The summed E-state index contributed by atoms with van der Waals surface area (Å²) in [5, 5.41) is 0. The number of nitrogens with one attached hydrogen (secondary N) is 1. The number of aryl methyl sites for hydroxylation is 1. The Morgan fingerprint density at radius 3 is 2.45 bits per heavy atom. The summed E-state index contributed by atoms with van der Waals surface area (Å²) in [7, 11) is 0. The van der Waals surface area contributed by atoms with E-state index in [1.165, 1.54) is 0 Å². The van der Waals surface area contributed by atoms with Gasteiger partial charge in [-0.15, -0.1) is 0 Å². The molecule has 0 radical (unpaired) electrons. The molecule has 0 aliphatic rings. The number of hydrogen-bond donors (Lipinski definition) is 1. The summed E-state index contributed by atoms with van der Waals surface area (Å²) in [6, 6.07) is 1.36. The van der Waals surface area contributed by atoms with Crippen LogP contribution in [-0.4, -0.2) is 9.97 Å². The molecule has 2 nitrogen and oxygen atoms in total. The summed E-state index contributed by atoms with van der Waals surface area (Å²) >= 11 is 5.12. The summed E-state index contributed by atoms with van der Waals surface area (Å²) < 4.78 is 40.5. The highest BCUT2D eigenvalue weighted by Gasteiger charge is 2.15.